The Balaban J connectivity index is 1.86. The Hall–Kier alpha value is -1.97. The summed E-state index contributed by atoms with van der Waals surface area (Å²) in [5.74, 6) is -0.615. The van der Waals surface area contributed by atoms with Gasteiger partial charge in [0, 0.05) is 10.9 Å². The number of rotatable bonds is 2. The fraction of sp³-hybridized carbons (Fsp3) is 0.211. The molecule has 24 heavy (non-hydrogen) atoms. The van der Waals surface area contributed by atoms with Crippen molar-refractivity contribution in [2.24, 2.45) is 5.92 Å². The molecule has 0 amide bonds. The van der Waals surface area contributed by atoms with Crippen LogP contribution in [0.5, 0.6) is 0 Å². The third-order valence-corrected chi connectivity index (χ3v) is 5.50. The van der Waals surface area contributed by atoms with Gasteiger partial charge in [-0.15, -0.1) is 0 Å². The smallest absolute Gasteiger partial charge is 0.336 e. The second kappa shape index (κ2) is 5.83. The molecule has 1 aliphatic carbocycles. The van der Waals surface area contributed by atoms with Gasteiger partial charge in [0.2, 0.25) is 0 Å². The number of allylic oxidation sites excluding steroid dienone is 2. The number of hydrogen-bond acceptors (Lipinski definition) is 2. The fourth-order valence-electron chi connectivity index (χ4n) is 3.86. The minimum absolute atomic E-state index is 0.0479. The van der Waals surface area contributed by atoms with Crippen molar-refractivity contribution in [3.8, 4) is 0 Å². The molecular weight excluding hydrogens is 345 g/mol. The van der Waals surface area contributed by atoms with Crippen LogP contribution in [0.1, 0.15) is 39.9 Å². The molecule has 3 nitrogen and oxygen atoms in total. The molecule has 0 bridgehead atoms. The average molecular weight is 360 g/mol. The van der Waals surface area contributed by atoms with Crippen molar-refractivity contribution in [1.29, 1.82) is 0 Å². The van der Waals surface area contributed by atoms with Crippen molar-refractivity contribution in [2.75, 3.05) is 5.32 Å². The summed E-state index contributed by atoms with van der Waals surface area (Å²) < 4.78 is 0. The first-order chi connectivity index (χ1) is 11.6. The SMILES string of the molecule is O=C(O)c1ccc(Cl)c2c1[C@@H]1C=CC[C@@H]1[C@@H](c1ccc(Cl)cc1)N2. The van der Waals surface area contributed by atoms with E-state index in [0.717, 1.165) is 23.2 Å². The van der Waals surface area contributed by atoms with Gasteiger partial charge in [0.25, 0.3) is 0 Å². The van der Waals surface area contributed by atoms with Gasteiger partial charge in [0.15, 0.2) is 0 Å². The number of benzene rings is 2. The fourth-order valence-corrected chi connectivity index (χ4v) is 4.21. The minimum atomic E-state index is -0.922. The zero-order valence-electron chi connectivity index (χ0n) is 12.7. The van der Waals surface area contributed by atoms with Crippen molar-refractivity contribution in [1.82, 2.24) is 0 Å². The molecule has 2 aromatic rings. The molecule has 5 heteroatoms. The molecule has 2 aromatic carbocycles. The summed E-state index contributed by atoms with van der Waals surface area (Å²) in [5, 5.41) is 14.3. The Morgan fingerprint density at radius 1 is 1.12 bits per heavy atom. The molecule has 0 unspecified atom stereocenters. The third-order valence-electron chi connectivity index (χ3n) is 4.93. The summed E-state index contributed by atoms with van der Waals surface area (Å²) in [4.78, 5) is 11.7. The summed E-state index contributed by atoms with van der Waals surface area (Å²) in [6.45, 7) is 0. The molecule has 0 spiro atoms. The van der Waals surface area contributed by atoms with E-state index in [1.807, 2.05) is 24.3 Å². The van der Waals surface area contributed by atoms with E-state index in [4.69, 9.17) is 23.2 Å². The highest BCUT2D eigenvalue weighted by Crippen LogP contribution is 2.52. The van der Waals surface area contributed by atoms with Gasteiger partial charge in [-0.25, -0.2) is 4.79 Å². The van der Waals surface area contributed by atoms with E-state index in [9.17, 15) is 9.90 Å². The Morgan fingerprint density at radius 3 is 2.58 bits per heavy atom. The lowest BCUT2D eigenvalue weighted by molar-refractivity contribution is 0.0695. The maximum Gasteiger partial charge on any atom is 0.336 e. The predicted octanol–water partition coefficient (Wildman–Crippen LogP) is 5.52. The lowest BCUT2D eigenvalue weighted by atomic mass is 9.75. The van der Waals surface area contributed by atoms with Gasteiger partial charge in [-0.3, -0.25) is 0 Å². The minimum Gasteiger partial charge on any atom is -0.478 e. The second-order valence-electron chi connectivity index (χ2n) is 6.22. The first kappa shape index (κ1) is 15.6. The van der Waals surface area contributed by atoms with Crippen LogP contribution in [0.4, 0.5) is 5.69 Å². The maximum atomic E-state index is 11.7. The van der Waals surface area contributed by atoms with E-state index in [1.165, 1.54) is 0 Å². The lowest BCUT2D eigenvalue weighted by Gasteiger charge is -2.38. The van der Waals surface area contributed by atoms with Gasteiger partial charge in [-0.05, 0) is 47.7 Å². The monoisotopic (exact) mass is 359 g/mol. The van der Waals surface area contributed by atoms with Crippen LogP contribution >= 0.6 is 23.2 Å². The number of carboxylic acid groups (broad SMARTS) is 1. The normalized spacial score (nSPS) is 24.2. The van der Waals surface area contributed by atoms with Gasteiger partial charge in [0.05, 0.1) is 22.3 Å². The average Bonchev–Trinajstić information content (AvgIpc) is 3.05. The lowest BCUT2D eigenvalue weighted by Crippen LogP contribution is -2.30. The number of hydrogen-bond donors (Lipinski definition) is 2. The Labute approximate surface area is 149 Å². The molecule has 1 aliphatic heterocycles. The molecule has 0 fully saturated rings. The first-order valence-corrected chi connectivity index (χ1v) is 8.56. The highest BCUT2D eigenvalue weighted by Gasteiger charge is 2.40. The number of anilines is 1. The molecule has 0 saturated carbocycles. The molecule has 2 N–H and O–H groups in total. The van der Waals surface area contributed by atoms with E-state index in [-0.39, 0.29) is 17.9 Å². The Bertz CT molecular complexity index is 845. The topological polar surface area (TPSA) is 49.3 Å². The molecule has 1 heterocycles. The van der Waals surface area contributed by atoms with E-state index in [0.29, 0.717) is 15.6 Å². The highest BCUT2D eigenvalue weighted by molar-refractivity contribution is 6.33. The predicted molar refractivity (Wildman–Crippen MR) is 96.2 cm³/mol. The number of nitrogens with one attached hydrogen (secondary N) is 1. The Morgan fingerprint density at radius 2 is 1.88 bits per heavy atom. The number of carbonyl (C=O) groups is 1. The number of halogens is 2. The van der Waals surface area contributed by atoms with Gasteiger partial charge in [0.1, 0.15) is 0 Å². The number of aromatic carboxylic acids is 1. The van der Waals surface area contributed by atoms with Gasteiger partial charge < -0.3 is 10.4 Å². The zero-order chi connectivity index (χ0) is 16.8. The third kappa shape index (κ3) is 2.40. The summed E-state index contributed by atoms with van der Waals surface area (Å²) in [7, 11) is 0. The standard InChI is InChI=1S/C19H15Cl2NO2/c20-11-6-4-10(5-7-11)17-13-3-1-2-12(13)16-14(19(23)24)8-9-15(21)18(16)22-17/h1-2,4-9,12-13,17,22H,3H2,(H,23,24)/t12-,13+,17-/m1/s1. The summed E-state index contributed by atoms with van der Waals surface area (Å²) in [6.07, 6.45) is 5.13. The van der Waals surface area contributed by atoms with Crippen LogP contribution in [0.15, 0.2) is 48.6 Å². The van der Waals surface area contributed by atoms with E-state index in [1.54, 1.807) is 12.1 Å². The zero-order valence-corrected chi connectivity index (χ0v) is 14.2. The van der Waals surface area contributed by atoms with Gasteiger partial charge >= 0.3 is 5.97 Å². The molecule has 0 saturated heterocycles. The van der Waals surface area contributed by atoms with Crippen molar-refractivity contribution in [2.45, 2.75) is 18.4 Å². The Kier molecular flexibility index (Phi) is 3.78. The van der Waals surface area contributed by atoms with E-state index >= 15 is 0 Å². The number of carboxylic acids is 1. The quantitative estimate of drug-likeness (QED) is 0.694. The van der Waals surface area contributed by atoms with Crippen LogP contribution in [0.2, 0.25) is 10.0 Å². The highest BCUT2D eigenvalue weighted by atomic mass is 35.5. The largest absolute Gasteiger partial charge is 0.478 e. The van der Waals surface area contributed by atoms with Gasteiger partial charge in [-0.2, -0.15) is 0 Å². The molecular formula is C19H15Cl2NO2. The summed E-state index contributed by atoms with van der Waals surface area (Å²) >= 11 is 12.4. The van der Waals surface area contributed by atoms with E-state index < -0.39 is 5.97 Å². The van der Waals surface area contributed by atoms with Crippen molar-refractivity contribution >= 4 is 34.9 Å². The van der Waals surface area contributed by atoms with Crippen LogP contribution in [0.25, 0.3) is 0 Å². The van der Waals surface area contributed by atoms with Crippen molar-refractivity contribution < 1.29 is 9.90 Å². The van der Waals surface area contributed by atoms with Crippen molar-refractivity contribution in [3.05, 3.63) is 75.3 Å². The summed E-state index contributed by atoms with van der Waals surface area (Å²) in [5.41, 5.74) is 2.96. The molecule has 122 valence electrons. The van der Waals surface area contributed by atoms with Crippen molar-refractivity contribution in [3.63, 3.8) is 0 Å². The molecule has 2 aliphatic rings. The van der Waals surface area contributed by atoms with Crippen LogP contribution in [-0.4, -0.2) is 11.1 Å². The molecule has 0 radical (unpaired) electrons. The van der Waals surface area contributed by atoms with Crippen LogP contribution < -0.4 is 5.32 Å². The second-order valence-corrected chi connectivity index (χ2v) is 7.06. The summed E-state index contributed by atoms with van der Waals surface area (Å²) in [6, 6.07) is 11.1. The van der Waals surface area contributed by atoms with Crippen LogP contribution in [-0.2, 0) is 0 Å². The molecule has 3 atom stereocenters. The van der Waals surface area contributed by atoms with Crippen LogP contribution in [0, 0.1) is 5.92 Å². The molecule has 0 aromatic heterocycles. The molecule has 4 rings (SSSR count). The van der Waals surface area contributed by atoms with Gasteiger partial charge in [-0.1, -0.05) is 47.5 Å². The van der Waals surface area contributed by atoms with E-state index in [2.05, 4.69) is 17.5 Å². The number of fused-ring (bicyclic) bond motifs is 3. The maximum absolute atomic E-state index is 11.7. The van der Waals surface area contributed by atoms with Crippen LogP contribution in [0.3, 0.4) is 0 Å². The first-order valence-electron chi connectivity index (χ1n) is 7.80.